The van der Waals surface area contributed by atoms with Crippen molar-refractivity contribution in [2.24, 2.45) is 10.8 Å². The summed E-state index contributed by atoms with van der Waals surface area (Å²) in [6.07, 6.45) is 3.57. The van der Waals surface area contributed by atoms with Gasteiger partial charge in [0.25, 0.3) is 0 Å². The number of carbonyl (C=O) groups excluding carboxylic acids is 6. The normalized spacial score (nSPS) is 16.6. The number of carbonyl (C=O) groups is 6. The Morgan fingerprint density at radius 3 is 1.98 bits per heavy atom. The summed E-state index contributed by atoms with van der Waals surface area (Å²) in [6, 6.07) is -0.835. The first kappa shape index (κ1) is 37.8. The molecule has 0 N–H and O–H groups in total. The van der Waals surface area contributed by atoms with Gasteiger partial charge in [-0.3, -0.25) is 33.7 Å². The monoisotopic (exact) mass is 610 g/mol. The predicted molar refractivity (Wildman–Crippen MR) is 167 cm³/mol. The molecule has 4 amide bonds. The van der Waals surface area contributed by atoms with E-state index in [0.29, 0.717) is 25.3 Å². The Balaban J connectivity index is 2.54. The van der Waals surface area contributed by atoms with E-state index in [4.69, 9.17) is 0 Å². The number of likely N-dealkylation sites (N-methyl/N-ethyl adjacent to an activating group) is 3. The highest BCUT2D eigenvalue weighted by atomic mass is 32.2. The van der Waals surface area contributed by atoms with Gasteiger partial charge in [-0.05, 0) is 32.7 Å². The zero-order chi connectivity index (χ0) is 32.4. The van der Waals surface area contributed by atoms with Crippen LogP contribution in [0, 0.1) is 10.8 Å². The largest absolute Gasteiger partial charge is 0.343 e. The molecule has 1 heterocycles. The number of unbranched alkanes of at least 4 members (excludes halogenated alkanes) is 3. The number of imide groups is 1. The van der Waals surface area contributed by atoms with E-state index in [0.717, 1.165) is 24.2 Å². The topological polar surface area (TPSA) is 115 Å². The molecule has 0 aliphatic carbocycles. The third-order valence-corrected chi connectivity index (χ3v) is 8.86. The molecule has 10 nitrogen and oxygen atoms in total. The van der Waals surface area contributed by atoms with Crippen LogP contribution in [0.25, 0.3) is 0 Å². The Hall–Kier alpha value is -2.27. The molecule has 2 unspecified atom stereocenters. The number of nitrogens with zero attached hydrogens (tertiary/aromatic N) is 4. The Morgan fingerprint density at radius 1 is 0.857 bits per heavy atom. The maximum Gasteiger partial charge on any atom is 0.245 e. The first-order valence-corrected chi connectivity index (χ1v) is 16.0. The standard InChI is InChI=1S/C31H54N4O6S/c1-30(2,3)24(36)19-22(28(40)33(9)17-16-32(7)8)34(10)26(38)15-13-11-12-14-18-42-23-20-27(39)35(29(23)41)21-25(37)31(4,5)6/h22-23H,11-21H2,1-10H3. The van der Waals surface area contributed by atoms with E-state index in [1.165, 1.54) is 16.7 Å². The van der Waals surface area contributed by atoms with Gasteiger partial charge in [0.1, 0.15) is 11.8 Å². The summed E-state index contributed by atoms with van der Waals surface area (Å²) in [5, 5.41) is -0.443. The van der Waals surface area contributed by atoms with E-state index in [2.05, 4.69) is 0 Å². The fourth-order valence-electron chi connectivity index (χ4n) is 4.22. The highest BCUT2D eigenvalue weighted by Gasteiger charge is 2.41. The van der Waals surface area contributed by atoms with Crippen LogP contribution in [0.1, 0.15) is 86.5 Å². The molecule has 0 aromatic rings. The minimum Gasteiger partial charge on any atom is -0.343 e. The second-order valence-corrected chi connectivity index (χ2v) is 15.0. The second-order valence-electron chi connectivity index (χ2n) is 13.7. The summed E-state index contributed by atoms with van der Waals surface area (Å²) in [5.74, 6) is -0.453. The minimum atomic E-state index is -0.835. The van der Waals surface area contributed by atoms with Crippen molar-refractivity contribution < 1.29 is 28.8 Å². The third kappa shape index (κ3) is 12.1. The molecule has 1 aliphatic rings. The highest BCUT2D eigenvalue weighted by Crippen LogP contribution is 2.28. The van der Waals surface area contributed by atoms with Crippen molar-refractivity contribution in [3.05, 3.63) is 0 Å². The summed E-state index contributed by atoms with van der Waals surface area (Å²) >= 11 is 1.45. The molecule has 0 radical (unpaired) electrons. The van der Waals surface area contributed by atoms with Crippen LogP contribution in [0.3, 0.4) is 0 Å². The van der Waals surface area contributed by atoms with E-state index in [1.807, 2.05) is 39.8 Å². The number of hydrogen-bond donors (Lipinski definition) is 0. The van der Waals surface area contributed by atoms with Crippen molar-refractivity contribution >= 4 is 47.0 Å². The van der Waals surface area contributed by atoms with Gasteiger partial charge in [0.2, 0.25) is 23.6 Å². The van der Waals surface area contributed by atoms with Crippen molar-refractivity contribution in [2.75, 3.05) is 53.6 Å². The van der Waals surface area contributed by atoms with Gasteiger partial charge < -0.3 is 14.7 Å². The van der Waals surface area contributed by atoms with Crippen molar-refractivity contribution in [1.82, 2.24) is 19.6 Å². The van der Waals surface area contributed by atoms with E-state index >= 15 is 0 Å². The number of amides is 4. The predicted octanol–water partition coefficient (Wildman–Crippen LogP) is 3.27. The lowest BCUT2D eigenvalue weighted by molar-refractivity contribution is -0.146. The van der Waals surface area contributed by atoms with Crippen LogP contribution in [-0.4, -0.2) is 120 Å². The molecule has 1 fully saturated rings. The van der Waals surface area contributed by atoms with Crippen LogP contribution >= 0.6 is 11.8 Å². The van der Waals surface area contributed by atoms with Crippen LogP contribution < -0.4 is 0 Å². The minimum absolute atomic E-state index is 0.0156. The molecule has 2 atom stereocenters. The van der Waals surface area contributed by atoms with Crippen molar-refractivity contribution in [3.63, 3.8) is 0 Å². The maximum atomic E-state index is 13.3. The van der Waals surface area contributed by atoms with Crippen molar-refractivity contribution in [1.29, 1.82) is 0 Å². The van der Waals surface area contributed by atoms with Crippen molar-refractivity contribution in [3.8, 4) is 0 Å². The van der Waals surface area contributed by atoms with Gasteiger partial charge in [-0.25, -0.2) is 0 Å². The lowest BCUT2D eigenvalue weighted by atomic mass is 9.86. The Morgan fingerprint density at radius 2 is 1.43 bits per heavy atom. The molecule has 11 heteroatoms. The van der Waals surface area contributed by atoms with Gasteiger partial charge in [-0.2, -0.15) is 0 Å². The Kier molecular flexibility index (Phi) is 14.9. The molecular formula is C31H54N4O6S. The van der Waals surface area contributed by atoms with Gasteiger partial charge in [-0.15, -0.1) is 11.8 Å². The third-order valence-electron chi connectivity index (χ3n) is 7.56. The molecule has 0 bridgehead atoms. The fourth-order valence-corrected chi connectivity index (χ4v) is 5.41. The number of ketones is 2. The number of Topliss-reactive ketones (excluding diaryl/α,β-unsaturated/α-hetero) is 2. The van der Waals surface area contributed by atoms with Gasteiger partial charge in [-0.1, -0.05) is 54.4 Å². The molecule has 0 spiro atoms. The number of rotatable bonds is 17. The molecule has 42 heavy (non-hydrogen) atoms. The molecule has 0 aromatic heterocycles. The Labute approximate surface area is 257 Å². The van der Waals surface area contributed by atoms with Gasteiger partial charge in [0.05, 0.1) is 11.8 Å². The van der Waals surface area contributed by atoms with E-state index < -0.39 is 22.1 Å². The summed E-state index contributed by atoms with van der Waals surface area (Å²) in [7, 11) is 7.16. The molecule has 1 rings (SSSR count). The van der Waals surface area contributed by atoms with Crippen LogP contribution in [0.4, 0.5) is 0 Å². The van der Waals surface area contributed by atoms with Crippen LogP contribution in [0.15, 0.2) is 0 Å². The first-order valence-electron chi connectivity index (χ1n) is 14.9. The molecule has 1 saturated heterocycles. The SMILES string of the molecule is CN(C)CCN(C)C(=O)C(CC(=O)C(C)(C)C)N(C)C(=O)CCCCCCSC1CC(=O)N(CC(=O)C(C)(C)C)C1=O. The van der Waals surface area contributed by atoms with Gasteiger partial charge in [0, 0.05) is 57.3 Å². The lowest BCUT2D eigenvalue weighted by Crippen LogP contribution is -2.51. The number of likely N-dealkylation sites (tertiary alicyclic amines) is 1. The van der Waals surface area contributed by atoms with E-state index in [9.17, 15) is 28.8 Å². The average Bonchev–Trinajstić information content (AvgIpc) is 3.14. The molecule has 240 valence electrons. The molecular weight excluding hydrogens is 556 g/mol. The van der Waals surface area contributed by atoms with Crippen LogP contribution in [0.2, 0.25) is 0 Å². The Bertz CT molecular complexity index is 985. The average molecular weight is 611 g/mol. The summed E-state index contributed by atoms with van der Waals surface area (Å²) in [5.41, 5.74) is -1.22. The van der Waals surface area contributed by atoms with Gasteiger partial charge >= 0.3 is 0 Å². The smallest absolute Gasteiger partial charge is 0.245 e. The van der Waals surface area contributed by atoms with Crippen LogP contribution in [0.5, 0.6) is 0 Å². The molecule has 0 saturated carbocycles. The maximum absolute atomic E-state index is 13.3. The van der Waals surface area contributed by atoms with E-state index in [-0.39, 0.29) is 61.0 Å². The van der Waals surface area contributed by atoms with Crippen molar-refractivity contribution in [2.45, 2.75) is 97.8 Å². The zero-order valence-corrected chi connectivity index (χ0v) is 28.4. The summed E-state index contributed by atoms with van der Waals surface area (Å²) < 4.78 is 0. The zero-order valence-electron chi connectivity index (χ0n) is 27.6. The quantitative estimate of drug-likeness (QED) is 0.182. The molecule has 1 aliphatic heterocycles. The van der Waals surface area contributed by atoms with E-state index in [1.54, 1.807) is 39.8 Å². The first-order chi connectivity index (χ1) is 19.3. The van der Waals surface area contributed by atoms with Gasteiger partial charge in [0.15, 0.2) is 5.78 Å². The molecule has 0 aromatic carbocycles. The highest BCUT2D eigenvalue weighted by molar-refractivity contribution is 8.00. The number of thioether (sulfide) groups is 1. The fraction of sp³-hybridized carbons (Fsp3) is 0.806. The summed E-state index contributed by atoms with van der Waals surface area (Å²) in [6.45, 7) is 11.8. The summed E-state index contributed by atoms with van der Waals surface area (Å²) in [4.78, 5) is 82.5. The lowest BCUT2D eigenvalue weighted by Gasteiger charge is -2.32. The second kappa shape index (κ2) is 16.5. The van der Waals surface area contributed by atoms with Crippen LogP contribution in [-0.2, 0) is 28.8 Å². The number of hydrogen-bond acceptors (Lipinski definition) is 8.